The van der Waals surface area contributed by atoms with Crippen molar-refractivity contribution in [2.75, 3.05) is 13.2 Å². The van der Waals surface area contributed by atoms with Crippen LogP contribution in [-0.4, -0.2) is 18.3 Å². The maximum Gasteiger partial charge on any atom is 0.119 e. The van der Waals surface area contributed by atoms with E-state index in [1.54, 1.807) is 0 Å². The highest BCUT2D eigenvalue weighted by molar-refractivity contribution is 5.28. The Morgan fingerprint density at radius 1 is 1.00 bits per heavy atom. The second kappa shape index (κ2) is 14.1. The summed E-state index contributed by atoms with van der Waals surface area (Å²) < 4.78 is 5.44. The number of hydrogen-bond acceptors (Lipinski definition) is 2. The summed E-state index contributed by atoms with van der Waals surface area (Å²) in [6, 6.07) is 8.22. The Morgan fingerprint density at radius 2 is 1.83 bits per heavy atom. The van der Waals surface area contributed by atoms with Gasteiger partial charge in [-0.15, -0.1) is 0 Å². The molecule has 0 atom stereocenters. The van der Waals surface area contributed by atoms with E-state index < -0.39 is 0 Å². The van der Waals surface area contributed by atoms with Gasteiger partial charge in [0.1, 0.15) is 12.4 Å². The van der Waals surface area contributed by atoms with E-state index in [0.717, 1.165) is 18.6 Å². The van der Waals surface area contributed by atoms with Gasteiger partial charge in [0.2, 0.25) is 0 Å². The molecule has 0 aliphatic rings. The van der Waals surface area contributed by atoms with Gasteiger partial charge in [-0.1, -0.05) is 55.7 Å². The third-order valence-corrected chi connectivity index (χ3v) is 3.77. The van der Waals surface area contributed by atoms with E-state index >= 15 is 0 Å². The van der Waals surface area contributed by atoms with E-state index in [1.165, 1.54) is 44.1 Å². The standard InChI is InChI=1S/C21H32O2/c1-2-3-4-5-6-7-8-9-10-11-12-14-20-15-13-16-21(19-20)23-18-17-22/h2-3,5-6,13,15-16,19,22H,4,7-12,14,17-18H2,1H3. The predicted octanol–water partition coefficient (Wildman–Crippen LogP) is 5.46. The number of unbranched alkanes of at least 4 members (excludes halogenated alkanes) is 5. The van der Waals surface area contributed by atoms with Gasteiger partial charge in [0.15, 0.2) is 0 Å². The van der Waals surface area contributed by atoms with E-state index in [0.29, 0.717) is 6.61 Å². The molecule has 2 heteroatoms. The summed E-state index contributed by atoms with van der Waals surface area (Å²) in [6.07, 6.45) is 18.7. The predicted molar refractivity (Wildman–Crippen MR) is 99.0 cm³/mol. The van der Waals surface area contributed by atoms with Crippen LogP contribution in [0.15, 0.2) is 48.6 Å². The lowest BCUT2D eigenvalue weighted by molar-refractivity contribution is 0.201. The van der Waals surface area contributed by atoms with Gasteiger partial charge in [0.25, 0.3) is 0 Å². The molecule has 0 aromatic heterocycles. The molecule has 0 saturated carbocycles. The van der Waals surface area contributed by atoms with Crippen LogP contribution >= 0.6 is 0 Å². The Kier molecular flexibility index (Phi) is 11.9. The Bertz CT molecular complexity index is 449. The van der Waals surface area contributed by atoms with Crippen LogP contribution in [0.4, 0.5) is 0 Å². The molecule has 0 saturated heterocycles. The third-order valence-electron chi connectivity index (χ3n) is 3.77. The summed E-state index contributed by atoms with van der Waals surface area (Å²) in [5.41, 5.74) is 1.33. The molecule has 0 spiro atoms. The lowest BCUT2D eigenvalue weighted by atomic mass is 10.0. The normalized spacial score (nSPS) is 11.6. The van der Waals surface area contributed by atoms with Crippen molar-refractivity contribution in [3.63, 3.8) is 0 Å². The van der Waals surface area contributed by atoms with Gasteiger partial charge < -0.3 is 9.84 Å². The molecule has 0 bridgehead atoms. The van der Waals surface area contributed by atoms with Gasteiger partial charge >= 0.3 is 0 Å². The molecule has 1 rings (SSSR count). The summed E-state index contributed by atoms with van der Waals surface area (Å²) in [6.45, 7) is 2.49. The average molecular weight is 316 g/mol. The smallest absolute Gasteiger partial charge is 0.119 e. The van der Waals surface area contributed by atoms with Gasteiger partial charge in [-0.25, -0.2) is 0 Å². The highest BCUT2D eigenvalue weighted by atomic mass is 16.5. The summed E-state index contributed by atoms with van der Waals surface area (Å²) >= 11 is 0. The largest absolute Gasteiger partial charge is 0.491 e. The second-order valence-corrected chi connectivity index (χ2v) is 5.80. The van der Waals surface area contributed by atoms with E-state index in [2.05, 4.69) is 43.4 Å². The third kappa shape index (κ3) is 10.8. The molecule has 23 heavy (non-hydrogen) atoms. The first kappa shape index (κ1) is 19.5. The average Bonchev–Trinajstić information content (AvgIpc) is 2.58. The van der Waals surface area contributed by atoms with Crippen molar-refractivity contribution in [1.29, 1.82) is 0 Å². The van der Waals surface area contributed by atoms with Crippen LogP contribution in [0.1, 0.15) is 57.4 Å². The fourth-order valence-electron chi connectivity index (χ4n) is 2.50. The Balaban J connectivity index is 2.03. The molecule has 0 radical (unpaired) electrons. The van der Waals surface area contributed by atoms with Crippen molar-refractivity contribution in [3.8, 4) is 5.75 Å². The molecule has 0 heterocycles. The topological polar surface area (TPSA) is 29.5 Å². The fraction of sp³-hybridized carbons (Fsp3) is 0.524. The van der Waals surface area contributed by atoms with Crippen molar-refractivity contribution in [2.45, 2.75) is 58.3 Å². The number of hydrogen-bond donors (Lipinski definition) is 1. The van der Waals surface area contributed by atoms with Gasteiger partial charge in [-0.3, -0.25) is 0 Å². The minimum absolute atomic E-state index is 0.0642. The summed E-state index contributed by atoms with van der Waals surface area (Å²) in [5.74, 6) is 0.862. The first-order valence-electron chi connectivity index (χ1n) is 8.95. The van der Waals surface area contributed by atoms with E-state index in [9.17, 15) is 0 Å². The zero-order valence-electron chi connectivity index (χ0n) is 14.5. The van der Waals surface area contributed by atoms with Gasteiger partial charge in [-0.2, -0.15) is 0 Å². The molecule has 0 aliphatic heterocycles. The molecule has 1 aromatic rings. The first-order valence-corrected chi connectivity index (χ1v) is 8.95. The van der Waals surface area contributed by atoms with Crippen molar-refractivity contribution in [2.24, 2.45) is 0 Å². The van der Waals surface area contributed by atoms with Crippen LogP contribution in [0.25, 0.3) is 0 Å². The highest BCUT2D eigenvalue weighted by Crippen LogP contribution is 2.16. The zero-order valence-corrected chi connectivity index (χ0v) is 14.5. The summed E-state index contributed by atoms with van der Waals surface area (Å²) in [4.78, 5) is 0. The van der Waals surface area contributed by atoms with Gasteiger partial charge in [-0.05, 0) is 56.7 Å². The van der Waals surface area contributed by atoms with Crippen LogP contribution in [-0.2, 0) is 6.42 Å². The number of aliphatic hydroxyl groups excluding tert-OH is 1. The molecule has 1 aromatic carbocycles. The molecule has 128 valence electrons. The van der Waals surface area contributed by atoms with Crippen molar-refractivity contribution >= 4 is 0 Å². The van der Waals surface area contributed by atoms with Crippen LogP contribution in [0.2, 0.25) is 0 Å². The van der Waals surface area contributed by atoms with Crippen LogP contribution in [0.3, 0.4) is 0 Å². The Morgan fingerprint density at radius 3 is 2.65 bits per heavy atom. The fourth-order valence-corrected chi connectivity index (χ4v) is 2.50. The van der Waals surface area contributed by atoms with Crippen molar-refractivity contribution in [3.05, 3.63) is 54.1 Å². The lowest BCUT2D eigenvalue weighted by Crippen LogP contribution is -2.01. The maximum absolute atomic E-state index is 8.78. The van der Waals surface area contributed by atoms with Crippen LogP contribution in [0.5, 0.6) is 5.75 Å². The van der Waals surface area contributed by atoms with Gasteiger partial charge in [0, 0.05) is 0 Å². The lowest BCUT2D eigenvalue weighted by Gasteiger charge is -2.07. The van der Waals surface area contributed by atoms with Crippen LogP contribution < -0.4 is 4.74 Å². The number of allylic oxidation sites excluding steroid dienone is 4. The molecular weight excluding hydrogens is 284 g/mol. The number of aliphatic hydroxyl groups is 1. The van der Waals surface area contributed by atoms with E-state index in [4.69, 9.17) is 9.84 Å². The number of ether oxygens (including phenoxy) is 1. The molecule has 0 unspecified atom stereocenters. The Hall–Kier alpha value is -1.54. The molecule has 0 fully saturated rings. The molecule has 0 amide bonds. The summed E-state index contributed by atoms with van der Waals surface area (Å²) in [7, 11) is 0. The SMILES string of the molecule is CC=CCC=CCCCCCCCc1cccc(OCCO)c1. The maximum atomic E-state index is 8.78. The monoisotopic (exact) mass is 316 g/mol. The number of benzene rings is 1. The number of rotatable bonds is 13. The molecule has 2 nitrogen and oxygen atoms in total. The second-order valence-electron chi connectivity index (χ2n) is 5.80. The van der Waals surface area contributed by atoms with Crippen molar-refractivity contribution < 1.29 is 9.84 Å². The molecule has 0 aliphatic carbocycles. The minimum atomic E-state index is 0.0642. The zero-order chi connectivity index (χ0) is 16.6. The first-order chi connectivity index (χ1) is 11.4. The number of aryl methyl sites for hydroxylation is 1. The molecule has 1 N–H and O–H groups in total. The highest BCUT2D eigenvalue weighted by Gasteiger charge is 1.98. The Labute approximate surface area is 141 Å². The quantitative estimate of drug-likeness (QED) is 0.386. The van der Waals surface area contributed by atoms with Crippen LogP contribution in [0, 0.1) is 0 Å². The minimum Gasteiger partial charge on any atom is -0.491 e. The molecular formula is C21H32O2. The van der Waals surface area contributed by atoms with E-state index in [-0.39, 0.29) is 6.61 Å². The van der Waals surface area contributed by atoms with Crippen molar-refractivity contribution in [1.82, 2.24) is 0 Å². The van der Waals surface area contributed by atoms with E-state index in [1.807, 2.05) is 12.1 Å². The van der Waals surface area contributed by atoms with Gasteiger partial charge in [0.05, 0.1) is 6.61 Å². The summed E-state index contributed by atoms with van der Waals surface area (Å²) in [5, 5.41) is 8.78.